The number of aromatic nitrogens is 5. The molecular weight excluding hydrogens is 691 g/mol. The Labute approximate surface area is 323 Å². The average Bonchev–Trinajstić information content (AvgIpc) is 3.29. The van der Waals surface area contributed by atoms with Crippen molar-refractivity contribution >= 4 is 0 Å². The molecule has 0 radical (unpaired) electrons. The van der Waals surface area contributed by atoms with Crippen LogP contribution in [0.15, 0.2) is 188 Å². The molecule has 7 aromatic carbocycles. The summed E-state index contributed by atoms with van der Waals surface area (Å²) in [6, 6.07) is 62.4. The molecule has 0 atom stereocenters. The van der Waals surface area contributed by atoms with Crippen LogP contribution in [0.1, 0.15) is 0 Å². The second-order valence-electron chi connectivity index (χ2n) is 13.3. The highest BCUT2D eigenvalue weighted by atomic mass is 16.6. The lowest BCUT2D eigenvalue weighted by Gasteiger charge is -2.21. The molecule has 10 rings (SSSR count). The van der Waals surface area contributed by atoms with E-state index in [1.807, 2.05) is 152 Å². The molecule has 0 unspecified atom stereocenters. The number of hydrogen-bond acceptors (Lipinski definition) is 7. The highest BCUT2D eigenvalue weighted by Gasteiger charge is 2.20. The number of para-hydroxylation sites is 2. The molecule has 2 aromatic heterocycles. The van der Waals surface area contributed by atoms with Crippen molar-refractivity contribution in [3.05, 3.63) is 188 Å². The summed E-state index contributed by atoms with van der Waals surface area (Å²) < 4.78 is 12.4. The minimum absolute atomic E-state index is 0.603. The van der Waals surface area contributed by atoms with Crippen LogP contribution in [-0.2, 0) is 0 Å². The number of rotatable bonds is 7. The Hall–Kier alpha value is -7.77. The summed E-state index contributed by atoms with van der Waals surface area (Å²) in [4.78, 5) is 24.9. The van der Waals surface area contributed by atoms with Crippen molar-refractivity contribution in [2.45, 2.75) is 0 Å². The van der Waals surface area contributed by atoms with E-state index in [1.54, 1.807) is 0 Å². The van der Waals surface area contributed by atoms with Gasteiger partial charge in [-0.1, -0.05) is 140 Å². The molecule has 9 aromatic rings. The van der Waals surface area contributed by atoms with Crippen molar-refractivity contribution in [1.29, 1.82) is 0 Å². The molecule has 1 aliphatic rings. The third kappa shape index (κ3) is 6.54. The number of fused-ring (bicyclic) bond motifs is 2. The number of benzene rings is 7. The number of hydrogen-bond donors (Lipinski definition) is 0. The summed E-state index contributed by atoms with van der Waals surface area (Å²) in [6.07, 6.45) is 0. The van der Waals surface area contributed by atoms with Crippen LogP contribution < -0.4 is 9.47 Å². The predicted molar refractivity (Wildman–Crippen MR) is 220 cm³/mol. The van der Waals surface area contributed by atoms with E-state index in [1.165, 1.54) is 0 Å². The van der Waals surface area contributed by atoms with Crippen molar-refractivity contribution in [2.24, 2.45) is 0 Å². The first-order chi connectivity index (χ1) is 27.7. The second-order valence-corrected chi connectivity index (χ2v) is 13.3. The zero-order valence-corrected chi connectivity index (χ0v) is 30.0. The molecule has 0 fully saturated rings. The van der Waals surface area contributed by atoms with Crippen molar-refractivity contribution in [2.75, 3.05) is 0 Å². The van der Waals surface area contributed by atoms with Gasteiger partial charge in [0.15, 0.2) is 46.3 Å². The summed E-state index contributed by atoms with van der Waals surface area (Å²) >= 11 is 0. The van der Waals surface area contributed by atoms with Gasteiger partial charge in [-0.25, -0.2) is 24.9 Å². The van der Waals surface area contributed by atoms with E-state index in [2.05, 4.69) is 36.4 Å². The van der Waals surface area contributed by atoms with E-state index in [0.29, 0.717) is 46.3 Å². The lowest BCUT2D eigenvalue weighted by atomic mass is 9.99. The smallest absolute Gasteiger partial charge is 0.170 e. The summed E-state index contributed by atoms with van der Waals surface area (Å²) in [6.45, 7) is 0. The third-order valence-electron chi connectivity index (χ3n) is 9.60. The van der Waals surface area contributed by atoms with Crippen molar-refractivity contribution < 1.29 is 9.47 Å². The van der Waals surface area contributed by atoms with E-state index in [-0.39, 0.29) is 0 Å². The number of nitrogens with zero attached hydrogens (tertiary/aromatic N) is 5. The van der Waals surface area contributed by atoms with Crippen LogP contribution in [0.3, 0.4) is 0 Å². The molecule has 3 heterocycles. The first-order valence-electron chi connectivity index (χ1n) is 18.3. The van der Waals surface area contributed by atoms with E-state index < -0.39 is 0 Å². The Bertz CT molecular complexity index is 2810. The topological polar surface area (TPSA) is 82.9 Å². The lowest BCUT2D eigenvalue weighted by Crippen LogP contribution is -2.00. The van der Waals surface area contributed by atoms with Gasteiger partial charge in [0, 0.05) is 33.4 Å². The molecule has 56 heavy (non-hydrogen) atoms. The van der Waals surface area contributed by atoms with E-state index in [9.17, 15) is 0 Å². The molecular formula is C49H31N5O2. The van der Waals surface area contributed by atoms with Crippen molar-refractivity contribution in [1.82, 2.24) is 24.9 Å². The van der Waals surface area contributed by atoms with E-state index in [4.69, 9.17) is 34.4 Å². The molecule has 0 spiro atoms. The van der Waals surface area contributed by atoms with Crippen LogP contribution in [-0.4, -0.2) is 24.9 Å². The predicted octanol–water partition coefficient (Wildman–Crippen LogP) is 12.2. The summed E-state index contributed by atoms with van der Waals surface area (Å²) in [7, 11) is 0. The standard InChI is InChI=1S/C49H31N5O2/c1-4-14-32(15-5-1)46-50-40(31-41(51-46)38-26-27-44-45(30-38)56-43-25-11-10-24-42(43)55-44)37-22-12-20-35(28-37)36-21-13-23-39(29-36)49-53-47(33-16-6-2-7-17-33)52-48(54-49)34-18-8-3-9-19-34/h1-31H. The van der Waals surface area contributed by atoms with Crippen LogP contribution in [0.2, 0.25) is 0 Å². The van der Waals surface area contributed by atoms with Gasteiger partial charge in [-0.05, 0) is 59.7 Å². The minimum atomic E-state index is 0.603. The molecule has 0 amide bonds. The summed E-state index contributed by atoms with van der Waals surface area (Å²) in [5.74, 6) is 5.14. The largest absolute Gasteiger partial charge is 0.450 e. The average molecular weight is 722 g/mol. The Morgan fingerprint density at radius 2 is 0.607 bits per heavy atom. The maximum absolute atomic E-state index is 6.25. The molecule has 0 aliphatic carbocycles. The molecule has 0 saturated heterocycles. The fourth-order valence-electron chi connectivity index (χ4n) is 6.78. The monoisotopic (exact) mass is 721 g/mol. The molecule has 0 bridgehead atoms. The third-order valence-corrected chi connectivity index (χ3v) is 9.60. The Balaban J connectivity index is 1.04. The van der Waals surface area contributed by atoms with E-state index in [0.717, 1.165) is 55.9 Å². The van der Waals surface area contributed by atoms with Crippen LogP contribution in [0.5, 0.6) is 23.0 Å². The Morgan fingerprint density at radius 1 is 0.232 bits per heavy atom. The van der Waals surface area contributed by atoms with Gasteiger partial charge in [0.05, 0.1) is 11.4 Å². The van der Waals surface area contributed by atoms with Crippen molar-refractivity contribution in [3.8, 4) is 102 Å². The van der Waals surface area contributed by atoms with E-state index >= 15 is 0 Å². The van der Waals surface area contributed by atoms with Gasteiger partial charge in [-0.15, -0.1) is 0 Å². The Morgan fingerprint density at radius 3 is 1.16 bits per heavy atom. The van der Waals surface area contributed by atoms with Gasteiger partial charge in [0.2, 0.25) is 0 Å². The second kappa shape index (κ2) is 14.2. The van der Waals surface area contributed by atoms with Gasteiger partial charge in [0.1, 0.15) is 0 Å². The molecule has 7 nitrogen and oxygen atoms in total. The van der Waals surface area contributed by atoms with Gasteiger partial charge in [0.25, 0.3) is 0 Å². The summed E-state index contributed by atoms with van der Waals surface area (Å²) in [5, 5.41) is 0. The number of ether oxygens (including phenoxy) is 2. The summed E-state index contributed by atoms with van der Waals surface area (Å²) in [5.41, 5.74) is 9.14. The zero-order chi connectivity index (χ0) is 37.3. The SMILES string of the molecule is c1ccc(-c2nc(-c3cccc(-c4cccc(-c5nc(-c6ccccc6)nc(-c6ccccc6)n5)c4)c3)cc(-c3ccc4c(c3)Oc3ccccc3O4)n2)cc1. The van der Waals surface area contributed by atoms with Crippen LogP contribution >= 0.6 is 0 Å². The molecule has 1 aliphatic heterocycles. The minimum Gasteiger partial charge on any atom is -0.450 e. The van der Waals surface area contributed by atoms with Crippen LogP contribution in [0.4, 0.5) is 0 Å². The first kappa shape index (κ1) is 32.8. The van der Waals surface area contributed by atoms with Crippen molar-refractivity contribution in [3.63, 3.8) is 0 Å². The fourth-order valence-corrected chi connectivity index (χ4v) is 6.78. The van der Waals surface area contributed by atoms with Gasteiger partial charge >= 0.3 is 0 Å². The first-order valence-corrected chi connectivity index (χ1v) is 18.3. The maximum Gasteiger partial charge on any atom is 0.170 e. The molecule has 7 heteroatoms. The molecule has 0 N–H and O–H groups in total. The highest BCUT2D eigenvalue weighted by Crippen LogP contribution is 2.46. The molecule has 0 saturated carbocycles. The Kier molecular flexibility index (Phi) is 8.35. The maximum atomic E-state index is 6.25. The van der Waals surface area contributed by atoms with Gasteiger partial charge in [-0.3, -0.25) is 0 Å². The highest BCUT2D eigenvalue weighted by molar-refractivity contribution is 5.78. The zero-order valence-electron chi connectivity index (χ0n) is 30.0. The van der Waals surface area contributed by atoms with Gasteiger partial charge < -0.3 is 9.47 Å². The van der Waals surface area contributed by atoms with Crippen LogP contribution in [0.25, 0.3) is 79.2 Å². The normalized spacial score (nSPS) is 11.5. The lowest BCUT2D eigenvalue weighted by molar-refractivity contribution is 0.360. The quantitative estimate of drug-likeness (QED) is 0.162. The fraction of sp³-hybridized carbons (Fsp3) is 0. The molecule has 264 valence electrons. The van der Waals surface area contributed by atoms with Crippen LogP contribution in [0, 0.1) is 0 Å². The van der Waals surface area contributed by atoms with Gasteiger partial charge in [-0.2, -0.15) is 0 Å².